The van der Waals surface area contributed by atoms with Crippen LogP contribution in [0, 0.1) is 11.8 Å². The van der Waals surface area contributed by atoms with Gasteiger partial charge >= 0.3 is 6.09 Å². The minimum absolute atomic E-state index is 0.177. The standard InChI is InChI=1S/C28H36N2O8S/c1-19(2)16-29(39(34,35)22-11-9-21(36-3)10-12-22)17-26(31)24(15-20-7-5-4-6-8-20)30(28(32)33)25-18-38-27-23(25)13-14-37-27/h4-14,19,23-27,31H,15-18H2,1-3H3,(H,32,33)/t23-,24-,25?,26+,27-/m0/s1/i4D,5D,6D,7D,8D,9D,10D,11D,15D2,17D2,24D,26D,31D. The average molecular weight is 576 g/mol. The lowest BCUT2D eigenvalue weighted by atomic mass is 9.94. The molecular formula is C28H36N2O8S. The fourth-order valence-electron chi connectivity index (χ4n) is 3.86. The number of methoxy groups -OCH3 is 1. The lowest BCUT2D eigenvalue weighted by Gasteiger charge is -2.39. The highest BCUT2D eigenvalue weighted by Crippen LogP contribution is 2.34. The summed E-state index contributed by atoms with van der Waals surface area (Å²) in [7, 11) is -4.59. The molecule has 4 rings (SSSR count). The Bertz CT molecular complexity index is 1940. The van der Waals surface area contributed by atoms with Crippen molar-refractivity contribution < 1.29 is 56.8 Å². The molecule has 1 amide bonds. The smallest absolute Gasteiger partial charge is 0.408 e. The molecule has 10 nitrogen and oxygen atoms in total. The SMILES string of the molecule is [2H]O[C@]([2H])(C([2H])([2H])N(CC(C)C)S(=O)(=O)c1cc([2H])c(OC)c([2H])c1[2H])[C@@]([2H])(N(C(=O)O)C1CO[C@@H]2OC=C[C@@H]12)C([2H])([2H])c1c([2H])c([2H])c([2H])c([2H])c1[2H]. The average Bonchev–Trinajstić information content (AvgIpc) is 3.71. The van der Waals surface area contributed by atoms with Gasteiger partial charge in [-0.2, -0.15) is 4.31 Å². The predicted octanol–water partition coefficient (Wildman–Crippen LogP) is 3.18. The van der Waals surface area contributed by atoms with E-state index < -0.39 is 143 Å². The van der Waals surface area contributed by atoms with Gasteiger partial charge in [-0.1, -0.05) is 44.1 Å². The maximum atomic E-state index is 14.5. The molecule has 0 bridgehead atoms. The number of ether oxygens (including phenoxy) is 3. The minimum atomic E-state index is -5.63. The lowest BCUT2D eigenvalue weighted by molar-refractivity contribution is -0.0690. The molecule has 2 aromatic rings. The summed E-state index contributed by atoms with van der Waals surface area (Å²) in [4.78, 5) is 12.0. The number of rotatable bonds is 13. The van der Waals surface area contributed by atoms with Crippen molar-refractivity contribution in [3.63, 3.8) is 0 Å². The molecule has 0 saturated carbocycles. The summed E-state index contributed by atoms with van der Waals surface area (Å²) in [6.45, 7) is -3.29. The second-order valence-electron chi connectivity index (χ2n) is 8.74. The Morgan fingerprint density at radius 3 is 2.72 bits per heavy atom. The Labute approximate surface area is 250 Å². The Kier molecular flexibility index (Phi) is 4.77. The second-order valence-corrected chi connectivity index (χ2v) is 10.6. The number of hydrogen-bond acceptors (Lipinski definition) is 7. The minimum Gasteiger partial charge on any atom is -0.497 e. The van der Waals surface area contributed by atoms with Crippen molar-refractivity contribution in [1.82, 2.24) is 9.21 Å². The fraction of sp³-hybridized carbons (Fsp3) is 0.464. The summed E-state index contributed by atoms with van der Waals surface area (Å²) < 4.78 is 175. The first-order valence-corrected chi connectivity index (χ1v) is 13.0. The molecule has 2 heterocycles. The van der Waals surface area contributed by atoms with Gasteiger partial charge in [0, 0.05) is 18.5 Å². The van der Waals surface area contributed by atoms with E-state index >= 15 is 0 Å². The number of aliphatic hydroxyl groups is 1. The quantitative estimate of drug-likeness (QED) is 0.373. The van der Waals surface area contributed by atoms with E-state index in [9.17, 15) is 26.5 Å². The third-order valence-electron chi connectivity index (χ3n) is 5.60. The van der Waals surface area contributed by atoms with Crippen LogP contribution in [-0.4, -0.2) is 86.6 Å². The predicted molar refractivity (Wildman–Crippen MR) is 144 cm³/mol. The van der Waals surface area contributed by atoms with Crippen molar-refractivity contribution in [2.24, 2.45) is 11.8 Å². The number of nitrogens with zero attached hydrogens (tertiary/aromatic N) is 2. The zero-order valence-electron chi connectivity index (χ0n) is 36.1. The summed E-state index contributed by atoms with van der Waals surface area (Å²) >= 11 is 0. The number of amides is 1. The van der Waals surface area contributed by atoms with E-state index in [1.54, 1.807) is 0 Å². The number of carboxylic acid groups (broad SMARTS) is 1. The van der Waals surface area contributed by atoms with Crippen molar-refractivity contribution in [2.45, 2.75) is 49.5 Å². The van der Waals surface area contributed by atoms with Crippen LogP contribution in [0.4, 0.5) is 4.79 Å². The third kappa shape index (κ3) is 6.55. The number of benzene rings is 2. The van der Waals surface area contributed by atoms with E-state index in [4.69, 9.17) is 26.6 Å². The molecule has 0 spiro atoms. The van der Waals surface area contributed by atoms with Crippen LogP contribution in [0.5, 0.6) is 5.75 Å². The molecule has 1 saturated heterocycles. The molecular weight excluding hydrogens is 524 g/mol. The van der Waals surface area contributed by atoms with E-state index in [1.807, 2.05) is 0 Å². The van der Waals surface area contributed by atoms with Gasteiger partial charge in [0.25, 0.3) is 0 Å². The highest BCUT2D eigenvalue weighted by Gasteiger charge is 2.48. The van der Waals surface area contributed by atoms with Gasteiger partial charge in [0.15, 0.2) is 0 Å². The number of sulfonamides is 1. The fourth-order valence-corrected chi connectivity index (χ4v) is 5.18. The third-order valence-corrected chi connectivity index (χ3v) is 7.20. The summed E-state index contributed by atoms with van der Waals surface area (Å²) in [5.74, 6) is -2.64. The van der Waals surface area contributed by atoms with Crippen LogP contribution < -0.4 is 4.74 Å². The van der Waals surface area contributed by atoms with Crippen LogP contribution in [0.2, 0.25) is 0 Å². The first kappa shape index (κ1) is 15.0. The molecule has 2 aliphatic rings. The summed E-state index contributed by atoms with van der Waals surface area (Å²) in [6.07, 6.45) is -9.87. The summed E-state index contributed by atoms with van der Waals surface area (Å²) in [5, 5.41) is 15.3. The number of carbonyl (C=O) groups is 1. The number of hydrogen-bond donors (Lipinski definition) is 2. The van der Waals surface area contributed by atoms with Crippen LogP contribution in [0.3, 0.4) is 0 Å². The first-order chi connectivity index (χ1) is 24.7. The van der Waals surface area contributed by atoms with Gasteiger partial charge in [-0.05, 0) is 48.1 Å². The van der Waals surface area contributed by atoms with E-state index in [-0.39, 0.29) is 9.21 Å². The Hall–Kier alpha value is -3.12. The van der Waals surface area contributed by atoms with Gasteiger partial charge < -0.3 is 24.4 Å². The summed E-state index contributed by atoms with van der Waals surface area (Å²) in [5.41, 5.74) is -1.47. The highest BCUT2D eigenvalue weighted by molar-refractivity contribution is 7.89. The molecule has 1 unspecified atom stereocenters. The maximum Gasteiger partial charge on any atom is 0.408 e. The molecule has 0 aromatic heterocycles. The topological polar surface area (TPSA) is 126 Å². The first-order valence-electron chi connectivity index (χ1n) is 19.0. The molecule has 0 radical (unpaired) electrons. The molecule has 39 heavy (non-hydrogen) atoms. The van der Waals surface area contributed by atoms with Crippen LogP contribution in [0.15, 0.2) is 71.6 Å². The maximum absolute atomic E-state index is 14.5. The second kappa shape index (κ2) is 12.4. The molecule has 11 heteroatoms. The van der Waals surface area contributed by atoms with Gasteiger partial charge in [-0.25, -0.2) is 13.2 Å². The van der Waals surface area contributed by atoms with Crippen molar-refractivity contribution in [2.75, 3.05) is 26.8 Å². The van der Waals surface area contributed by atoms with Crippen LogP contribution in [0.1, 0.15) is 38.6 Å². The van der Waals surface area contributed by atoms with Gasteiger partial charge in [0.1, 0.15) is 5.75 Å². The molecule has 5 atom stereocenters. The summed E-state index contributed by atoms with van der Waals surface area (Å²) in [6, 6.07) is -14.5. The van der Waals surface area contributed by atoms with E-state index in [2.05, 4.69) is 5.11 Å². The van der Waals surface area contributed by atoms with Crippen LogP contribution in [0.25, 0.3) is 0 Å². The van der Waals surface area contributed by atoms with Crippen LogP contribution in [-0.2, 0) is 25.9 Å². The van der Waals surface area contributed by atoms with E-state index in [1.165, 1.54) is 19.9 Å². The van der Waals surface area contributed by atoms with Crippen molar-refractivity contribution >= 4 is 16.1 Å². The Morgan fingerprint density at radius 2 is 2.05 bits per heavy atom. The van der Waals surface area contributed by atoms with Gasteiger partial charge in [0.05, 0.1) is 62.6 Å². The molecule has 1 fully saturated rings. The van der Waals surface area contributed by atoms with Crippen molar-refractivity contribution in [3.8, 4) is 5.75 Å². The van der Waals surface area contributed by atoms with Gasteiger partial charge in [0.2, 0.25) is 17.7 Å². The highest BCUT2D eigenvalue weighted by atomic mass is 32.2. The Morgan fingerprint density at radius 1 is 1.28 bits per heavy atom. The van der Waals surface area contributed by atoms with Crippen molar-refractivity contribution in [3.05, 3.63) is 72.3 Å². The van der Waals surface area contributed by atoms with Crippen molar-refractivity contribution in [1.29, 1.82) is 1.43 Å². The van der Waals surface area contributed by atoms with E-state index in [0.29, 0.717) is 6.07 Å². The Balaban J connectivity index is 2.17. The molecule has 2 aliphatic heterocycles. The molecule has 2 aromatic carbocycles. The zero-order valence-corrected chi connectivity index (χ0v) is 21.9. The molecule has 212 valence electrons. The largest absolute Gasteiger partial charge is 0.497 e. The monoisotopic (exact) mass is 575 g/mol. The lowest BCUT2D eigenvalue weighted by Crippen LogP contribution is -2.57. The van der Waals surface area contributed by atoms with Gasteiger partial charge in [-0.15, -0.1) is 0 Å². The normalized spacial score (nSPS) is 29.8. The van der Waals surface area contributed by atoms with E-state index in [0.717, 1.165) is 13.4 Å². The molecule has 2 N–H and O–H groups in total. The number of fused-ring (bicyclic) bond motifs is 1. The molecule has 0 aliphatic carbocycles. The zero-order chi connectivity index (χ0) is 41.3. The van der Waals surface area contributed by atoms with Crippen LogP contribution >= 0.6 is 0 Å². The van der Waals surface area contributed by atoms with Gasteiger partial charge in [-0.3, -0.25) is 4.90 Å².